The van der Waals surface area contributed by atoms with Gasteiger partial charge in [-0.05, 0) is 112 Å². The lowest BCUT2D eigenvalue weighted by Crippen LogP contribution is -2.18. The first-order chi connectivity index (χ1) is 27.4. The summed E-state index contributed by atoms with van der Waals surface area (Å²) in [7, 11) is 1.77. The van der Waals surface area contributed by atoms with E-state index in [2.05, 4.69) is 222 Å². The van der Waals surface area contributed by atoms with Crippen molar-refractivity contribution in [1.82, 2.24) is 0 Å². The molecule has 8 aromatic rings. The van der Waals surface area contributed by atoms with Gasteiger partial charge in [-0.15, -0.1) is 0 Å². The molecule has 0 radical (unpaired) electrons. The molecule has 0 amide bonds. The Labute approximate surface area is 349 Å². The van der Waals surface area contributed by atoms with Crippen LogP contribution < -0.4 is 9.80 Å². The van der Waals surface area contributed by atoms with Crippen LogP contribution in [0.15, 0.2) is 175 Å². The van der Waals surface area contributed by atoms with Crippen LogP contribution in [-0.2, 0) is 5.41 Å². The molecule has 8 aromatic carbocycles. The van der Waals surface area contributed by atoms with Crippen LogP contribution >= 0.6 is 30.1 Å². The average Bonchev–Trinajstić information content (AvgIpc) is 3.48. The maximum Gasteiger partial charge on any atom is 0.0543 e. The first-order valence-corrected chi connectivity index (χ1v) is 23.1. The van der Waals surface area contributed by atoms with Crippen molar-refractivity contribution < 1.29 is 0 Å². The molecule has 2 nitrogen and oxygen atoms in total. The molecule has 9 rings (SSSR count). The van der Waals surface area contributed by atoms with Crippen LogP contribution in [-0.4, -0.2) is 0 Å². The van der Waals surface area contributed by atoms with E-state index < -0.39 is 0 Å². The molecule has 0 bridgehead atoms. The average molecular weight is 861 g/mol. The molecule has 0 aliphatic heterocycles. The van der Waals surface area contributed by atoms with Gasteiger partial charge in [0.05, 0.1) is 11.4 Å². The summed E-state index contributed by atoms with van der Waals surface area (Å²) in [6.07, 6.45) is 0. The molecule has 0 saturated carbocycles. The van der Waals surface area contributed by atoms with E-state index >= 15 is 0 Å². The van der Waals surface area contributed by atoms with Crippen molar-refractivity contribution in [3.63, 3.8) is 0 Å². The lowest BCUT2D eigenvalue weighted by Gasteiger charge is -2.31. The summed E-state index contributed by atoms with van der Waals surface area (Å²) >= 11 is 2.41. The molecular formula is C52H49IN2S. The zero-order valence-corrected chi connectivity index (χ0v) is 36.3. The van der Waals surface area contributed by atoms with Gasteiger partial charge < -0.3 is 9.80 Å². The van der Waals surface area contributed by atoms with Gasteiger partial charge in [-0.2, -0.15) is 0 Å². The van der Waals surface area contributed by atoms with Crippen LogP contribution in [0.3, 0.4) is 0 Å². The van der Waals surface area contributed by atoms with Crippen molar-refractivity contribution in [2.24, 2.45) is 0 Å². The number of aryl methyl sites for hydroxylation is 1. The highest BCUT2D eigenvalue weighted by molar-refractivity contribution is 14.2. The third-order valence-corrected chi connectivity index (χ3v) is 12.6. The van der Waals surface area contributed by atoms with E-state index in [4.69, 9.17) is 0 Å². The number of hydrogen-bond donors (Lipinski definition) is 0. The fourth-order valence-electron chi connectivity index (χ4n) is 8.17. The molecule has 0 heterocycles. The Morgan fingerprint density at radius 1 is 0.446 bits per heavy atom. The van der Waals surface area contributed by atoms with Crippen LogP contribution in [0.4, 0.5) is 34.1 Å². The maximum absolute atomic E-state index is 2.50. The minimum Gasteiger partial charge on any atom is -0.310 e. The molecule has 4 heteroatoms. The molecular weight excluding hydrogens is 812 g/mol. The maximum atomic E-state index is 2.50. The zero-order valence-electron chi connectivity index (χ0n) is 33.3. The van der Waals surface area contributed by atoms with E-state index in [1.807, 2.05) is 27.7 Å². The van der Waals surface area contributed by atoms with Crippen LogP contribution in [0.5, 0.6) is 0 Å². The molecule has 0 atom stereocenters. The Balaban J connectivity index is 0.00000117. The monoisotopic (exact) mass is 860 g/mol. The van der Waals surface area contributed by atoms with Crippen molar-refractivity contribution in [2.75, 3.05) is 9.80 Å². The number of halogens is 1. The van der Waals surface area contributed by atoms with E-state index in [-0.39, 0.29) is 5.41 Å². The van der Waals surface area contributed by atoms with Gasteiger partial charge in [-0.3, -0.25) is 0 Å². The predicted molar refractivity (Wildman–Crippen MR) is 256 cm³/mol. The number of nitrogens with zero attached hydrogens (tertiary/aromatic N) is 2. The fourth-order valence-corrected chi connectivity index (χ4v) is 9.70. The SMILES string of the molecule is CC.CC.Cc1cccc(N(c2ccc(SI)c3ccccc23)c2cc3c(c4ccccc24)-c2ccc(N(c4ccccc4)c4ccccc4)cc2C3(C)C)c1. The highest BCUT2D eigenvalue weighted by atomic mass is 127. The van der Waals surface area contributed by atoms with Gasteiger partial charge in [0.25, 0.3) is 0 Å². The van der Waals surface area contributed by atoms with Crippen molar-refractivity contribution in [3.8, 4) is 11.1 Å². The van der Waals surface area contributed by atoms with Gasteiger partial charge in [0.1, 0.15) is 0 Å². The summed E-state index contributed by atoms with van der Waals surface area (Å²) in [4.78, 5) is 6.14. The minimum atomic E-state index is -0.249. The van der Waals surface area contributed by atoms with Crippen molar-refractivity contribution in [2.45, 2.75) is 58.8 Å². The third-order valence-electron chi connectivity index (χ3n) is 10.6. The largest absolute Gasteiger partial charge is 0.310 e. The molecule has 0 spiro atoms. The van der Waals surface area contributed by atoms with Crippen molar-refractivity contribution in [1.29, 1.82) is 0 Å². The Morgan fingerprint density at radius 2 is 0.982 bits per heavy atom. The highest BCUT2D eigenvalue weighted by Crippen LogP contribution is 2.56. The Hall–Kier alpha value is -5.04. The number of para-hydroxylation sites is 2. The van der Waals surface area contributed by atoms with E-state index in [1.165, 1.54) is 65.6 Å². The predicted octanol–water partition coefficient (Wildman–Crippen LogP) is 17.0. The van der Waals surface area contributed by atoms with Crippen LogP contribution in [0.1, 0.15) is 58.2 Å². The molecule has 0 unspecified atom stereocenters. The van der Waals surface area contributed by atoms with Gasteiger partial charge in [-0.25, -0.2) is 0 Å². The second-order valence-electron chi connectivity index (χ2n) is 14.1. The topological polar surface area (TPSA) is 6.48 Å². The fraction of sp³-hybridized carbons (Fsp3) is 0.154. The molecule has 1 aliphatic carbocycles. The Kier molecular flexibility index (Phi) is 11.9. The summed E-state index contributed by atoms with van der Waals surface area (Å²) in [5.74, 6) is 0. The third kappa shape index (κ3) is 6.99. The van der Waals surface area contributed by atoms with Gasteiger partial charge in [0.2, 0.25) is 0 Å². The van der Waals surface area contributed by atoms with E-state index in [0.717, 1.165) is 22.7 Å². The normalized spacial score (nSPS) is 12.1. The molecule has 0 fully saturated rings. The van der Waals surface area contributed by atoms with Gasteiger partial charge in [-0.1, -0.05) is 154 Å². The van der Waals surface area contributed by atoms with Crippen LogP contribution in [0, 0.1) is 6.92 Å². The van der Waals surface area contributed by atoms with Crippen LogP contribution in [0.25, 0.3) is 32.7 Å². The number of rotatable bonds is 7. The Bertz CT molecular complexity index is 2580. The zero-order chi connectivity index (χ0) is 39.4. The summed E-state index contributed by atoms with van der Waals surface area (Å²) in [5.41, 5.74) is 13.3. The lowest BCUT2D eigenvalue weighted by atomic mass is 9.81. The number of fused-ring (bicyclic) bond motifs is 6. The van der Waals surface area contributed by atoms with Crippen LogP contribution in [0.2, 0.25) is 0 Å². The minimum absolute atomic E-state index is 0.249. The highest BCUT2D eigenvalue weighted by Gasteiger charge is 2.38. The second kappa shape index (κ2) is 17.0. The summed E-state index contributed by atoms with van der Waals surface area (Å²) in [5, 5.41) is 5.02. The molecule has 0 saturated heterocycles. The quantitative estimate of drug-likeness (QED) is 0.147. The van der Waals surface area contributed by atoms with E-state index in [1.54, 1.807) is 8.93 Å². The molecule has 0 aromatic heterocycles. The number of hydrogen-bond acceptors (Lipinski definition) is 3. The first kappa shape index (κ1) is 39.2. The standard InChI is InChI=1S/C48H37IN2S.2C2H6/c1-32-15-14-20-35(29-32)51(44-27-28-46(52-49)39-23-12-10-21-37(39)44)45-31-43-47(40-24-13-11-22-38(40)45)41-26-25-36(30-42(41)48(43,2)3)50(33-16-6-4-7-17-33)34-18-8-5-9-19-34;2*1-2/h4-31H,1-3H3;2*1-2H3. The van der Waals surface area contributed by atoms with Gasteiger partial charge in [0, 0.05) is 65.0 Å². The number of benzene rings is 8. The van der Waals surface area contributed by atoms with E-state index in [0.29, 0.717) is 0 Å². The molecule has 280 valence electrons. The molecule has 0 N–H and O–H groups in total. The smallest absolute Gasteiger partial charge is 0.0543 e. The summed E-state index contributed by atoms with van der Waals surface area (Å²) < 4.78 is 0. The Morgan fingerprint density at radius 3 is 1.59 bits per heavy atom. The molecule has 56 heavy (non-hydrogen) atoms. The van der Waals surface area contributed by atoms with Gasteiger partial charge in [0.15, 0.2) is 0 Å². The van der Waals surface area contributed by atoms with Gasteiger partial charge >= 0.3 is 0 Å². The summed E-state index contributed by atoms with van der Waals surface area (Å²) in [6.45, 7) is 15.0. The number of anilines is 6. The van der Waals surface area contributed by atoms with Crippen molar-refractivity contribution >= 4 is 85.8 Å². The molecule has 1 aliphatic rings. The van der Waals surface area contributed by atoms with Crippen molar-refractivity contribution in [3.05, 3.63) is 187 Å². The van der Waals surface area contributed by atoms with E-state index in [9.17, 15) is 0 Å². The lowest BCUT2D eigenvalue weighted by molar-refractivity contribution is 0.661. The first-order valence-electron chi connectivity index (χ1n) is 19.7. The summed E-state index contributed by atoms with van der Waals surface area (Å²) in [6, 6.07) is 62.3. The second-order valence-corrected chi connectivity index (χ2v) is 16.0.